The van der Waals surface area contributed by atoms with Crippen molar-refractivity contribution in [1.29, 1.82) is 0 Å². The maximum absolute atomic E-state index is 12.2. The second-order valence-electron chi connectivity index (χ2n) is 6.86. The number of carbonyl (C=O) groups excluding carboxylic acids is 1. The number of carbonyl (C=O) groups is 1. The second-order valence-corrected chi connectivity index (χ2v) is 6.86. The molecule has 1 aliphatic rings. The van der Waals surface area contributed by atoms with Gasteiger partial charge in [0.2, 0.25) is 5.91 Å². The highest BCUT2D eigenvalue weighted by molar-refractivity contribution is 5.92. The highest BCUT2D eigenvalue weighted by Gasteiger charge is 2.21. The third kappa shape index (κ3) is 4.51. The molecule has 1 N–H and O–H groups in total. The molecule has 0 saturated carbocycles. The molecule has 0 aliphatic carbocycles. The van der Waals surface area contributed by atoms with Crippen molar-refractivity contribution in [2.75, 3.05) is 42.9 Å². The molecule has 0 unspecified atom stereocenters. The van der Waals surface area contributed by atoms with Gasteiger partial charge < -0.3 is 10.2 Å². The van der Waals surface area contributed by atoms with E-state index in [9.17, 15) is 24.5 Å². The molecule has 1 saturated heterocycles. The Kier molecular flexibility index (Phi) is 5.78. The van der Waals surface area contributed by atoms with Crippen molar-refractivity contribution in [3.63, 3.8) is 0 Å². The zero-order valence-electron chi connectivity index (χ0n) is 16.2. The fourth-order valence-corrected chi connectivity index (χ4v) is 3.23. The van der Waals surface area contributed by atoms with Crippen LogP contribution in [0, 0.1) is 10.1 Å². The Morgan fingerprint density at radius 3 is 2.28 bits per heavy atom. The quantitative estimate of drug-likeness (QED) is 0.541. The zero-order chi connectivity index (χ0) is 21.1. The number of anilines is 2. The van der Waals surface area contributed by atoms with Gasteiger partial charge in [0.25, 0.3) is 11.2 Å². The molecule has 1 aromatic heterocycles. The van der Waals surface area contributed by atoms with Gasteiger partial charge in [0.1, 0.15) is 5.82 Å². The maximum Gasteiger partial charge on any atom is 0.332 e. The molecule has 3 rings (SSSR count). The van der Waals surface area contributed by atoms with Gasteiger partial charge in [-0.05, 0) is 12.1 Å². The Balaban J connectivity index is 1.56. The number of amides is 1. The molecule has 1 amide bonds. The van der Waals surface area contributed by atoms with Crippen LogP contribution in [0.4, 0.5) is 17.2 Å². The lowest BCUT2D eigenvalue weighted by atomic mass is 10.2. The van der Waals surface area contributed by atoms with Crippen LogP contribution < -0.4 is 21.5 Å². The Hall–Kier alpha value is -3.47. The average Bonchev–Trinajstić information content (AvgIpc) is 2.70. The second kappa shape index (κ2) is 8.27. The van der Waals surface area contributed by atoms with Crippen LogP contribution in [0.2, 0.25) is 0 Å². The summed E-state index contributed by atoms with van der Waals surface area (Å²) in [7, 11) is 3.07. The first-order chi connectivity index (χ1) is 13.8. The topological polar surface area (TPSA) is 123 Å². The number of nitro benzene ring substituents is 1. The smallest absolute Gasteiger partial charge is 0.332 e. The summed E-state index contributed by atoms with van der Waals surface area (Å²) >= 11 is 0. The minimum absolute atomic E-state index is 0.0377. The predicted molar refractivity (Wildman–Crippen MR) is 107 cm³/mol. The van der Waals surface area contributed by atoms with E-state index in [1.807, 2.05) is 9.80 Å². The summed E-state index contributed by atoms with van der Waals surface area (Å²) in [6.07, 6.45) is 0. The predicted octanol–water partition coefficient (Wildman–Crippen LogP) is -0.247. The van der Waals surface area contributed by atoms with Crippen molar-refractivity contribution in [3.8, 4) is 0 Å². The van der Waals surface area contributed by atoms with Crippen LogP contribution in [0.5, 0.6) is 0 Å². The summed E-state index contributed by atoms with van der Waals surface area (Å²) in [5.74, 6) is 0.348. The van der Waals surface area contributed by atoms with Crippen LogP contribution in [-0.2, 0) is 18.9 Å². The number of non-ortho nitro benzene ring substituents is 1. The first kappa shape index (κ1) is 20.3. The normalized spacial score (nSPS) is 14.6. The van der Waals surface area contributed by atoms with E-state index >= 15 is 0 Å². The fourth-order valence-electron chi connectivity index (χ4n) is 3.23. The van der Waals surface area contributed by atoms with Crippen LogP contribution in [-0.4, -0.2) is 57.6 Å². The molecule has 0 spiro atoms. The number of aromatic nitrogens is 2. The molecule has 2 heterocycles. The number of piperazine rings is 1. The fraction of sp³-hybridized carbons (Fsp3) is 0.389. The monoisotopic (exact) mass is 402 g/mol. The Labute approximate surface area is 165 Å². The van der Waals surface area contributed by atoms with E-state index in [1.165, 1.54) is 41.9 Å². The third-order valence-electron chi connectivity index (χ3n) is 4.93. The third-order valence-corrected chi connectivity index (χ3v) is 4.93. The van der Waals surface area contributed by atoms with Crippen LogP contribution in [0.1, 0.15) is 0 Å². The summed E-state index contributed by atoms with van der Waals surface area (Å²) in [6, 6.07) is 7.10. The Morgan fingerprint density at radius 2 is 1.69 bits per heavy atom. The van der Waals surface area contributed by atoms with Crippen LogP contribution in [0.25, 0.3) is 0 Å². The minimum atomic E-state index is -0.497. The lowest BCUT2D eigenvalue weighted by Crippen LogP contribution is -2.50. The molecule has 1 aromatic carbocycles. The van der Waals surface area contributed by atoms with Crippen LogP contribution in [0.3, 0.4) is 0 Å². The largest absolute Gasteiger partial charge is 0.355 e. The minimum Gasteiger partial charge on any atom is -0.355 e. The van der Waals surface area contributed by atoms with Gasteiger partial charge >= 0.3 is 5.69 Å². The summed E-state index contributed by atoms with van der Waals surface area (Å²) in [5.41, 5.74) is -0.274. The van der Waals surface area contributed by atoms with Gasteiger partial charge in [0.15, 0.2) is 0 Å². The first-order valence-electron chi connectivity index (χ1n) is 9.05. The number of nitrogens with one attached hydrogen (secondary N) is 1. The molecule has 11 heteroatoms. The SMILES string of the molecule is Cn1c(N2CCN(CC(=O)Nc3ccc([N+](=O)[O-])cc3)CC2)cc(=O)n(C)c1=O. The summed E-state index contributed by atoms with van der Waals surface area (Å²) in [6.45, 7) is 2.52. The number of benzene rings is 1. The lowest BCUT2D eigenvalue weighted by molar-refractivity contribution is -0.384. The number of nitrogens with zero attached hydrogens (tertiary/aromatic N) is 5. The molecule has 11 nitrogen and oxygen atoms in total. The molecular formula is C18H22N6O5. The van der Waals surface area contributed by atoms with E-state index in [-0.39, 0.29) is 29.4 Å². The summed E-state index contributed by atoms with van der Waals surface area (Å²) in [5, 5.41) is 13.4. The Bertz CT molecular complexity index is 1030. The van der Waals surface area contributed by atoms with Crippen LogP contribution in [0.15, 0.2) is 39.9 Å². The number of nitro groups is 1. The van der Waals surface area contributed by atoms with Crippen molar-refractivity contribution in [2.24, 2.45) is 14.1 Å². The lowest BCUT2D eigenvalue weighted by Gasteiger charge is -2.36. The van der Waals surface area contributed by atoms with E-state index in [0.29, 0.717) is 37.7 Å². The average molecular weight is 402 g/mol. The molecule has 0 atom stereocenters. The summed E-state index contributed by atoms with van der Waals surface area (Å²) in [4.78, 5) is 50.4. The molecule has 0 radical (unpaired) electrons. The number of rotatable bonds is 5. The van der Waals surface area contributed by atoms with E-state index < -0.39 is 4.92 Å². The highest BCUT2D eigenvalue weighted by Crippen LogP contribution is 2.16. The standard InChI is InChI=1S/C18H22N6O5/c1-20-16(11-17(26)21(2)18(20)27)23-9-7-22(8-10-23)12-15(25)19-13-3-5-14(6-4-13)24(28)29/h3-6,11H,7-10,12H2,1-2H3,(H,19,25). The van der Waals surface area contributed by atoms with E-state index in [1.54, 1.807) is 7.05 Å². The van der Waals surface area contributed by atoms with Crippen molar-refractivity contribution < 1.29 is 9.72 Å². The van der Waals surface area contributed by atoms with Gasteiger partial charge in [0.05, 0.1) is 11.5 Å². The molecule has 1 fully saturated rings. The van der Waals surface area contributed by atoms with Gasteiger partial charge in [-0.1, -0.05) is 0 Å². The molecule has 154 valence electrons. The molecule has 1 aliphatic heterocycles. The molecule has 2 aromatic rings. The van der Waals surface area contributed by atoms with Crippen molar-refractivity contribution in [1.82, 2.24) is 14.0 Å². The van der Waals surface area contributed by atoms with Gasteiger partial charge in [-0.15, -0.1) is 0 Å². The van der Waals surface area contributed by atoms with Gasteiger partial charge in [0, 0.05) is 64.2 Å². The number of hydrogen-bond donors (Lipinski definition) is 1. The summed E-state index contributed by atoms with van der Waals surface area (Å²) < 4.78 is 2.50. The van der Waals surface area contributed by atoms with E-state index in [2.05, 4.69) is 5.32 Å². The van der Waals surface area contributed by atoms with Crippen molar-refractivity contribution in [3.05, 3.63) is 61.3 Å². The molecular weight excluding hydrogens is 380 g/mol. The first-order valence-corrected chi connectivity index (χ1v) is 9.05. The van der Waals surface area contributed by atoms with Crippen molar-refractivity contribution >= 4 is 23.1 Å². The van der Waals surface area contributed by atoms with Gasteiger partial charge in [-0.2, -0.15) is 0 Å². The number of hydrogen-bond acceptors (Lipinski definition) is 7. The Morgan fingerprint density at radius 1 is 1.07 bits per heavy atom. The van der Waals surface area contributed by atoms with E-state index in [4.69, 9.17) is 0 Å². The van der Waals surface area contributed by atoms with Gasteiger partial charge in [-0.25, -0.2) is 4.79 Å². The molecule has 0 bridgehead atoms. The van der Waals surface area contributed by atoms with Gasteiger partial charge in [-0.3, -0.25) is 33.7 Å². The maximum atomic E-state index is 12.2. The highest BCUT2D eigenvalue weighted by atomic mass is 16.6. The van der Waals surface area contributed by atoms with Crippen LogP contribution >= 0.6 is 0 Å². The van der Waals surface area contributed by atoms with E-state index in [0.717, 1.165) is 4.57 Å². The molecule has 29 heavy (non-hydrogen) atoms. The van der Waals surface area contributed by atoms with Crippen molar-refractivity contribution in [2.45, 2.75) is 0 Å². The zero-order valence-corrected chi connectivity index (χ0v) is 16.2.